The van der Waals surface area contributed by atoms with E-state index in [4.69, 9.17) is 0 Å². The molecule has 0 saturated carbocycles. The van der Waals surface area contributed by atoms with Crippen molar-refractivity contribution < 1.29 is 31.1 Å². The van der Waals surface area contributed by atoms with Gasteiger partial charge in [-0.15, -0.1) is 0 Å². The summed E-state index contributed by atoms with van der Waals surface area (Å²) in [5, 5.41) is 5.94. The molecule has 1 amide bonds. The summed E-state index contributed by atoms with van der Waals surface area (Å²) in [7, 11) is 0. The number of fused-ring (bicyclic) bond motifs is 1. The second-order valence-electron chi connectivity index (χ2n) is 9.54. The summed E-state index contributed by atoms with van der Waals surface area (Å²) in [6, 6.07) is 18.2. The molecule has 208 valence electrons. The summed E-state index contributed by atoms with van der Waals surface area (Å²) in [6.07, 6.45) is -8.00. The van der Waals surface area contributed by atoms with Gasteiger partial charge in [-0.25, -0.2) is 0 Å². The van der Waals surface area contributed by atoms with Gasteiger partial charge in [-0.2, -0.15) is 26.3 Å². The lowest BCUT2D eigenvalue weighted by Gasteiger charge is -2.24. The Balaban J connectivity index is 1.38. The van der Waals surface area contributed by atoms with Crippen LogP contribution in [0.2, 0.25) is 0 Å². The highest BCUT2D eigenvalue weighted by Crippen LogP contribution is 2.37. The predicted octanol–water partition coefficient (Wildman–Crippen LogP) is 6.12. The Hall–Kier alpha value is -3.37. The van der Waals surface area contributed by atoms with E-state index in [2.05, 4.69) is 22.8 Å². The van der Waals surface area contributed by atoms with Crippen molar-refractivity contribution in [2.75, 3.05) is 19.6 Å². The number of carbonyl (C=O) groups is 1. The number of benzene rings is 3. The second-order valence-corrected chi connectivity index (χ2v) is 9.54. The molecule has 2 N–H and O–H groups in total. The Kier molecular flexibility index (Phi) is 8.97. The number of nitrogens with one attached hydrogen (secondary N) is 2. The molecular formula is C29H29F6N3O. The fourth-order valence-electron chi connectivity index (χ4n) is 4.78. The molecule has 1 aliphatic heterocycles. The van der Waals surface area contributed by atoms with E-state index in [0.717, 1.165) is 30.5 Å². The van der Waals surface area contributed by atoms with E-state index in [1.54, 1.807) is 6.07 Å². The van der Waals surface area contributed by atoms with E-state index in [-0.39, 0.29) is 11.6 Å². The van der Waals surface area contributed by atoms with Crippen LogP contribution in [0.4, 0.5) is 26.3 Å². The number of hydrogen-bond acceptors (Lipinski definition) is 3. The first kappa shape index (κ1) is 28.6. The average molecular weight is 550 g/mol. The van der Waals surface area contributed by atoms with Gasteiger partial charge in [-0.1, -0.05) is 54.6 Å². The van der Waals surface area contributed by atoms with Gasteiger partial charge in [0.2, 0.25) is 5.91 Å². The van der Waals surface area contributed by atoms with Crippen molar-refractivity contribution in [3.05, 3.63) is 106 Å². The molecular weight excluding hydrogens is 520 g/mol. The summed E-state index contributed by atoms with van der Waals surface area (Å²) >= 11 is 0. The molecule has 1 aliphatic rings. The smallest absolute Gasteiger partial charge is 0.350 e. The molecule has 0 saturated heterocycles. The summed E-state index contributed by atoms with van der Waals surface area (Å²) in [5.41, 5.74) is -0.0997. The molecule has 4 rings (SSSR count). The Morgan fingerprint density at radius 2 is 1.46 bits per heavy atom. The number of amides is 1. The van der Waals surface area contributed by atoms with Crippen LogP contribution in [0.25, 0.3) is 0 Å². The maximum atomic E-state index is 13.2. The number of halogens is 6. The molecule has 10 heteroatoms. The van der Waals surface area contributed by atoms with E-state index in [0.29, 0.717) is 31.8 Å². The Bertz CT molecular complexity index is 1230. The minimum absolute atomic E-state index is 0.0765. The van der Waals surface area contributed by atoms with Crippen LogP contribution in [0, 0.1) is 0 Å². The molecule has 1 heterocycles. The van der Waals surface area contributed by atoms with E-state index in [9.17, 15) is 31.1 Å². The number of nitrogens with zero attached hydrogens (tertiary/aromatic N) is 1. The molecule has 0 aliphatic carbocycles. The van der Waals surface area contributed by atoms with Crippen LogP contribution < -0.4 is 10.6 Å². The van der Waals surface area contributed by atoms with Crippen molar-refractivity contribution in [2.24, 2.45) is 0 Å². The summed E-state index contributed by atoms with van der Waals surface area (Å²) in [4.78, 5) is 15.2. The van der Waals surface area contributed by atoms with Crippen LogP contribution >= 0.6 is 0 Å². The molecule has 1 atom stereocenters. The van der Waals surface area contributed by atoms with Crippen LogP contribution in [-0.2, 0) is 36.7 Å². The van der Waals surface area contributed by atoms with Gasteiger partial charge in [0.15, 0.2) is 0 Å². The molecule has 3 aromatic carbocycles. The normalized spacial score (nSPS) is 15.8. The first-order valence-corrected chi connectivity index (χ1v) is 12.6. The quantitative estimate of drug-likeness (QED) is 0.237. The minimum atomic E-state index is -4.95. The molecule has 3 aromatic rings. The number of rotatable bonds is 10. The Labute approximate surface area is 223 Å². The average Bonchev–Trinajstić information content (AvgIpc) is 3.27. The maximum Gasteiger partial charge on any atom is 0.416 e. The first-order valence-electron chi connectivity index (χ1n) is 12.6. The number of aryl methyl sites for hydroxylation is 1. The van der Waals surface area contributed by atoms with E-state index in [1.165, 1.54) is 5.56 Å². The van der Waals surface area contributed by atoms with Crippen molar-refractivity contribution >= 4 is 5.91 Å². The standard InChI is InChI=1S/C29H29F6N3O/c30-28(31,32)23-15-21(16-24(17-23)29(33,34)35)18-37-27(39)26-25-11-5-4-10-22(25)19-38(26)14-13-36-12-6-9-20-7-2-1-3-8-20/h1-5,7-8,10-11,15-17,26,36H,6,9,12-14,18-19H2,(H,37,39). The van der Waals surface area contributed by atoms with Crippen molar-refractivity contribution in [3.63, 3.8) is 0 Å². The second kappa shape index (κ2) is 12.2. The van der Waals surface area contributed by atoms with E-state index < -0.39 is 42.0 Å². The molecule has 0 spiro atoms. The fourth-order valence-corrected chi connectivity index (χ4v) is 4.78. The summed E-state index contributed by atoms with van der Waals surface area (Å²) in [5.74, 6) is -0.477. The van der Waals surface area contributed by atoms with Crippen molar-refractivity contribution in [1.29, 1.82) is 0 Å². The largest absolute Gasteiger partial charge is 0.416 e. The van der Waals surface area contributed by atoms with Crippen LogP contribution in [0.5, 0.6) is 0 Å². The van der Waals surface area contributed by atoms with Crippen molar-refractivity contribution in [3.8, 4) is 0 Å². The molecule has 0 fully saturated rings. The number of hydrogen-bond donors (Lipinski definition) is 2. The molecule has 1 unspecified atom stereocenters. The van der Waals surface area contributed by atoms with Crippen molar-refractivity contribution in [1.82, 2.24) is 15.5 Å². The summed E-state index contributed by atoms with van der Waals surface area (Å²) in [6.45, 7) is 2.01. The van der Waals surface area contributed by atoms with Gasteiger partial charge in [0.05, 0.1) is 11.1 Å². The monoisotopic (exact) mass is 549 g/mol. The highest BCUT2D eigenvalue weighted by molar-refractivity contribution is 5.84. The third-order valence-electron chi connectivity index (χ3n) is 6.69. The highest BCUT2D eigenvalue weighted by Gasteiger charge is 2.38. The van der Waals surface area contributed by atoms with Gasteiger partial charge >= 0.3 is 12.4 Å². The van der Waals surface area contributed by atoms with Crippen LogP contribution in [-0.4, -0.2) is 30.4 Å². The van der Waals surface area contributed by atoms with E-state index in [1.807, 2.05) is 41.3 Å². The lowest BCUT2D eigenvalue weighted by atomic mass is 10.0. The van der Waals surface area contributed by atoms with Gasteiger partial charge < -0.3 is 10.6 Å². The lowest BCUT2D eigenvalue weighted by Crippen LogP contribution is -2.39. The Morgan fingerprint density at radius 3 is 2.13 bits per heavy atom. The SMILES string of the molecule is O=C(NCc1cc(C(F)(F)F)cc(C(F)(F)F)c1)C1c2ccccc2CN1CCNCCCc1ccccc1. The van der Waals surface area contributed by atoms with Gasteiger partial charge in [0.25, 0.3) is 0 Å². The third kappa shape index (κ3) is 7.60. The van der Waals surface area contributed by atoms with Gasteiger partial charge in [-0.05, 0) is 59.8 Å². The Morgan fingerprint density at radius 1 is 0.821 bits per heavy atom. The fraction of sp³-hybridized carbons (Fsp3) is 0.345. The van der Waals surface area contributed by atoms with Gasteiger partial charge in [-0.3, -0.25) is 9.69 Å². The number of carbonyl (C=O) groups excluding carboxylic acids is 1. The molecule has 0 bridgehead atoms. The van der Waals surface area contributed by atoms with Crippen LogP contribution in [0.3, 0.4) is 0 Å². The summed E-state index contributed by atoms with van der Waals surface area (Å²) < 4.78 is 79.3. The maximum absolute atomic E-state index is 13.2. The molecule has 0 aromatic heterocycles. The minimum Gasteiger partial charge on any atom is -0.350 e. The van der Waals surface area contributed by atoms with Crippen LogP contribution in [0.15, 0.2) is 72.8 Å². The zero-order chi connectivity index (χ0) is 28.0. The molecule has 0 radical (unpaired) electrons. The number of alkyl halides is 6. The molecule has 39 heavy (non-hydrogen) atoms. The van der Waals surface area contributed by atoms with Crippen LogP contribution in [0.1, 0.15) is 45.8 Å². The zero-order valence-corrected chi connectivity index (χ0v) is 21.1. The van der Waals surface area contributed by atoms with Crippen molar-refractivity contribution in [2.45, 2.75) is 44.3 Å². The zero-order valence-electron chi connectivity index (χ0n) is 21.1. The topological polar surface area (TPSA) is 44.4 Å². The predicted molar refractivity (Wildman–Crippen MR) is 136 cm³/mol. The highest BCUT2D eigenvalue weighted by atomic mass is 19.4. The van der Waals surface area contributed by atoms with Gasteiger partial charge in [0.1, 0.15) is 6.04 Å². The lowest BCUT2D eigenvalue weighted by molar-refractivity contribution is -0.143. The molecule has 4 nitrogen and oxygen atoms in total. The van der Waals surface area contributed by atoms with Gasteiger partial charge in [0, 0.05) is 26.2 Å². The van der Waals surface area contributed by atoms with E-state index >= 15 is 0 Å². The third-order valence-corrected chi connectivity index (χ3v) is 6.69. The first-order chi connectivity index (χ1) is 18.5.